The van der Waals surface area contributed by atoms with E-state index in [1.807, 2.05) is 20.8 Å². The van der Waals surface area contributed by atoms with Gasteiger partial charge in [-0.3, -0.25) is 14.9 Å². The molecule has 0 spiro atoms. The predicted octanol–water partition coefficient (Wildman–Crippen LogP) is 4.51. The van der Waals surface area contributed by atoms with Crippen LogP contribution < -0.4 is 0 Å². The quantitative estimate of drug-likeness (QED) is 0.565. The number of hydrazone groups is 1. The highest BCUT2D eigenvalue weighted by atomic mass is 19.4. The van der Waals surface area contributed by atoms with Crippen LogP contribution in [0.4, 0.5) is 18.9 Å². The van der Waals surface area contributed by atoms with Gasteiger partial charge in [0.15, 0.2) is 0 Å². The first kappa shape index (κ1) is 22.2. The molecule has 2 aliphatic rings. The van der Waals surface area contributed by atoms with E-state index in [0.29, 0.717) is 6.42 Å². The lowest BCUT2D eigenvalue weighted by atomic mass is 9.64. The number of benzene rings is 1. The number of nitro groups is 1. The molecule has 1 aromatic rings. The van der Waals surface area contributed by atoms with E-state index in [4.69, 9.17) is 0 Å². The summed E-state index contributed by atoms with van der Waals surface area (Å²) in [5, 5.41) is 25.7. The van der Waals surface area contributed by atoms with Crippen LogP contribution in [0.1, 0.15) is 56.8 Å². The molecular weight excluding hydrogens is 403 g/mol. The highest BCUT2D eigenvalue weighted by Crippen LogP contribution is 2.52. The van der Waals surface area contributed by atoms with E-state index in [-0.39, 0.29) is 46.1 Å². The number of fused-ring (bicyclic) bond motifs is 1. The average Bonchev–Trinajstić information content (AvgIpc) is 3.01. The molecule has 1 heterocycles. The Morgan fingerprint density at radius 3 is 2.43 bits per heavy atom. The third kappa shape index (κ3) is 3.46. The zero-order valence-corrected chi connectivity index (χ0v) is 16.9. The number of halogens is 3. The van der Waals surface area contributed by atoms with Crippen molar-refractivity contribution in [3.05, 3.63) is 39.9 Å². The number of carbonyl (C=O) groups is 1. The van der Waals surface area contributed by atoms with E-state index >= 15 is 0 Å². The Bertz CT molecular complexity index is 882. The molecule has 3 atom stereocenters. The number of aliphatic hydroxyl groups is 1. The summed E-state index contributed by atoms with van der Waals surface area (Å²) in [5.74, 6) is -2.56. The highest BCUT2D eigenvalue weighted by Gasteiger charge is 2.69. The second-order valence-corrected chi connectivity index (χ2v) is 8.60. The van der Waals surface area contributed by atoms with Crippen molar-refractivity contribution in [3.8, 4) is 0 Å². The van der Waals surface area contributed by atoms with Gasteiger partial charge in [-0.15, -0.1) is 0 Å². The number of hydrogen-bond donors (Lipinski definition) is 1. The van der Waals surface area contributed by atoms with Crippen molar-refractivity contribution in [1.29, 1.82) is 0 Å². The SMILES string of the molecule is CCC(C)(C)[C@@H]1CCC2=NN(C(=O)c3ccc([N+](=O)[O-])cc3)[C@](O)(C(F)(F)F)[C@H]2C1. The van der Waals surface area contributed by atoms with Gasteiger partial charge >= 0.3 is 6.18 Å². The molecule has 1 aromatic carbocycles. The van der Waals surface area contributed by atoms with Crippen molar-refractivity contribution in [1.82, 2.24) is 5.01 Å². The maximum Gasteiger partial charge on any atom is 0.439 e. The number of amides is 1. The van der Waals surface area contributed by atoms with E-state index in [1.165, 1.54) is 0 Å². The van der Waals surface area contributed by atoms with Gasteiger partial charge in [-0.25, -0.2) is 0 Å². The lowest BCUT2D eigenvalue weighted by Crippen LogP contribution is -2.62. The predicted molar refractivity (Wildman–Crippen MR) is 103 cm³/mol. The summed E-state index contributed by atoms with van der Waals surface area (Å²) in [7, 11) is 0. The zero-order valence-electron chi connectivity index (χ0n) is 16.9. The molecule has 0 radical (unpaired) electrons. The molecule has 30 heavy (non-hydrogen) atoms. The lowest BCUT2D eigenvalue weighted by molar-refractivity contribution is -0.384. The zero-order chi connectivity index (χ0) is 22.5. The van der Waals surface area contributed by atoms with Crippen LogP contribution in [0.2, 0.25) is 0 Å². The molecule has 1 aliphatic carbocycles. The summed E-state index contributed by atoms with van der Waals surface area (Å²) in [5.41, 5.74) is -4.04. The smallest absolute Gasteiger partial charge is 0.362 e. The molecule has 10 heteroatoms. The Balaban J connectivity index is 1.98. The topological polar surface area (TPSA) is 96.0 Å². The molecular formula is C20H24F3N3O4. The molecule has 0 aromatic heterocycles. The van der Waals surface area contributed by atoms with Gasteiger partial charge in [0.25, 0.3) is 17.3 Å². The van der Waals surface area contributed by atoms with Gasteiger partial charge in [0, 0.05) is 23.4 Å². The molecule has 1 N–H and O–H groups in total. The molecule has 1 fully saturated rings. The monoisotopic (exact) mass is 427 g/mol. The van der Waals surface area contributed by atoms with Gasteiger partial charge in [0.1, 0.15) is 0 Å². The minimum Gasteiger partial charge on any atom is -0.362 e. The average molecular weight is 427 g/mol. The van der Waals surface area contributed by atoms with Crippen LogP contribution in [0.3, 0.4) is 0 Å². The van der Waals surface area contributed by atoms with Crippen LogP contribution in [0.15, 0.2) is 29.4 Å². The lowest BCUT2D eigenvalue weighted by Gasteiger charge is -2.43. The van der Waals surface area contributed by atoms with Crippen molar-refractivity contribution in [2.75, 3.05) is 0 Å². The number of alkyl halides is 3. The first-order chi connectivity index (χ1) is 13.8. The molecule has 0 bridgehead atoms. The number of nitrogens with zero attached hydrogens (tertiary/aromatic N) is 3. The van der Waals surface area contributed by atoms with Crippen molar-refractivity contribution in [2.45, 2.75) is 58.4 Å². The summed E-state index contributed by atoms with van der Waals surface area (Å²) >= 11 is 0. The summed E-state index contributed by atoms with van der Waals surface area (Å²) in [6.07, 6.45) is -3.39. The van der Waals surface area contributed by atoms with Gasteiger partial charge in [-0.05, 0) is 42.7 Å². The minimum absolute atomic E-state index is 0.0604. The van der Waals surface area contributed by atoms with Crippen LogP contribution in [-0.2, 0) is 0 Å². The molecule has 1 aliphatic heterocycles. The minimum atomic E-state index is -5.13. The first-order valence-corrected chi connectivity index (χ1v) is 9.78. The largest absolute Gasteiger partial charge is 0.439 e. The van der Waals surface area contributed by atoms with Gasteiger partial charge < -0.3 is 5.11 Å². The summed E-state index contributed by atoms with van der Waals surface area (Å²) in [4.78, 5) is 23.0. The van der Waals surface area contributed by atoms with Crippen molar-refractivity contribution in [2.24, 2.45) is 22.4 Å². The van der Waals surface area contributed by atoms with Crippen LogP contribution in [0, 0.1) is 27.4 Å². The van der Waals surface area contributed by atoms with Gasteiger partial charge in [-0.2, -0.15) is 23.3 Å². The fourth-order valence-corrected chi connectivity index (χ4v) is 4.27. The van der Waals surface area contributed by atoms with E-state index in [2.05, 4.69) is 5.10 Å². The van der Waals surface area contributed by atoms with E-state index in [9.17, 15) is 33.2 Å². The van der Waals surface area contributed by atoms with Gasteiger partial charge in [0.2, 0.25) is 0 Å². The Labute approximate surface area is 171 Å². The molecule has 164 valence electrons. The third-order valence-corrected chi connectivity index (χ3v) is 6.66. The number of hydrogen-bond acceptors (Lipinski definition) is 5. The second-order valence-electron chi connectivity index (χ2n) is 8.60. The maximum absolute atomic E-state index is 14.1. The molecule has 1 saturated carbocycles. The summed E-state index contributed by atoms with van der Waals surface area (Å²) in [6, 6.07) is 4.16. The Kier molecular flexibility index (Phi) is 5.43. The fraction of sp³-hybridized carbons (Fsp3) is 0.600. The van der Waals surface area contributed by atoms with Crippen LogP contribution in [-0.4, -0.2) is 38.6 Å². The number of non-ortho nitro benzene ring substituents is 1. The molecule has 0 saturated heterocycles. The van der Waals surface area contributed by atoms with Crippen molar-refractivity contribution in [3.63, 3.8) is 0 Å². The highest BCUT2D eigenvalue weighted by molar-refractivity contribution is 5.99. The number of nitro benzene ring substituents is 1. The van der Waals surface area contributed by atoms with Gasteiger partial charge in [0.05, 0.1) is 10.8 Å². The van der Waals surface area contributed by atoms with Crippen molar-refractivity contribution < 1.29 is 28.0 Å². The third-order valence-electron chi connectivity index (χ3n) is 6.66. The summed E-state index contributed by atoms with van der Waals surface area (Å²) in [6.45, 7) is 5.95. The first-order valence-electron chi connectivity index (χ1n) is 9.78. The fourth-order valence-electron chi connectivity index (χ4n) is 4.27. The van der Waals surface area contributed by atoms with E-state index < -0.39 is 28.6 Å². The van der Waals surface area contributed by atoms with E-state index in [1.54, 1.807) is 0 Å². The van der Waals surface area contributed by atoms with Crippen molar-refractivity contribution >= 4 is 17.3 Å². The normalized spacial score (nSPS) is 26.9. The van der Waals surface area contributed by atoms with E-state index in [0.717, 1.165) is 30.7 Å². The Morgan fingerprint density at radius 2 is 1.93 bits per heavy atom. The molecule has 7 nitrogen and oxygen atoms in total. The Hall–Kier alpha value is -2.49. The molecule has 3 rings (SSSR count). The second kappa shape index (κ2) is 7.33. The van der Waals surface area contributed by atoms with Crippen LogP contribution >= 0.6 is 0 Å². The maximum atomic E-state index is 14.1. The Morgan fingerprint density at radius 1 is 1.33 bits per heavy atom. The van der Waals surface area contributed by atoms with Crippen LogP contribution in [0.5, 0.6) is 0 Å². The summed E-state index contributed by atoms with van der Waals surface area (Å²) < 4.78 is 42.3. The molecule has 1 amide bonds. The number of carbonyl (C=O) groups excluding carboxylic acids is 1. The molecule has 0 unspecified atom stereocenters. The van der Waals surface area contributed by atoms with Crippen LogP contribution in [0.25, 0.3) is 0 Å². The standard InChI is InChI=1S/C20H24F3N3O4/c1-4-18(2,3)13-7-10-16-15(11-13)19(28,20(21,22)23)25(24-16)17(27)12-5-8-14(9-6-12)26(29)30/h5-6,8-9,13,15,28H,4,7,10-11H2,1-3H3/t13-,15+,19-/m1/s1. The number of rotatable bonds is 4. The van der Waals surface area contributed by atoms with Gasteiger partial charge in [-0.1, -0.05) is 27.2 Å².